The summed E-state index contributed by atoms with van der Waals surface area (Å²) in [5, 5.41) is 1.26. The standard InChI is InChI=1S/C24H27P/c1-14-10-16(3)22(17(4)11-14)20-8-7-9-21(25)24(20)23-18(5)12-15(2)13-19(23)6/h7-13H,25H2,1-6H3. The number of rotatable bonds is 2. The summed E-state index contributed by atoms with van der Waals surface area (Å²) in [4.78, 5) is 0. The Morgan fingerprint density at radius 1 is 0.560 bits per heavy atom. The first kappa shape index (κ1) is 17.9. The Labute approximate surface area is 154 Å². The average molecular weight is 346 g/mol. The third kappa shape index (κ3) is 3.29. The molecule has 0 amide bonds. The molecule has 0 saturated carbocycles. The van der Waals surface area contributed by atoms with Crippen LogP contribution in [0.5, 0.6) is 0 Å². The molecule has 0 heterocycles. The van der Waals surface area contributed by atoms with Gasteiger partial charge in [-0.05, 0) is 91.4 Å². The summed E-state index contributed by atoms with van der Waals surface area (Å²) in [7, 11) is 2.94. The molecule has 3 aromatic rings. The Bertz CT molecular complexity index is 918. The monoisotopic (exact) mass is 346 g/mol. The van der Waals surface area contributed by atoms with Crippen molar-refractivity contribution in [3.8, 4) is 22.3 Å². The van der Waals surface area contributed by atoms with Crippen molar-refractivity contribution in [2.75, 3.05) is 0 Å². The zero-order valence-electron chi connectivity index (χ0n) is 16.1. The first-order valence-electron chi connectivity index (χ1n) is 8.84. The van der Waals surface area contributed by atoms with E-state index in [9.17, 15) is 0 Å². The lowest BCUT2D eigenvalue weighted by Gasteiger charge is -2.21. The minimum absolute atomic E-state index is 1.26. The van der Waals surface area contributed by atoms with Gasteiger partial charge in [-0.15, -0.1) is 9.24 Å². The van der Waals surface area contributed by atoms with E-state index < -0.39 is 0 Å². The highest BCUT2D eigenvalue weighted by molar-refractivity contribution is 7.28. The molecule has 0 N–H and O–H groups in total. The highest BCUT2D eigenvalue weighted by atomic mass is 31.0. The van der Waals surface area contributed by atoms with Gasteiger partial charge in [-0.1, -0.05) is 53.6 Å². The van der Waals surface area contributed by atoms with E-state index in [1.807, 2.05) is 0 Å². The third-order valence-corrected chi connectivity index (χ3v) is 5.45. The molecule has 0 aromatic heterocycles. The summed E-state index contributed by atoms with van der Waals surface area (Å²) in [6.45, 7) is 13.2. The fraction of sp³-hybridized carbons (Fsp3) is 0.250. The van der Waals surface area contributed by atoms with Gasteiger partial charge in [0.2, 0.25) is 0 Å². The molecule has 0 aliphatic rings. The predicted octanol–water partition coefficient (Wildman–Crippen LogP) is 6.37. The van der Waals surface area contributed by atoms with Crippen molar-refractivity contribution < 1.29 is 0 Å². The first-order chi connectivity index (χ1) is 11.8. The van der Waals surface area contributed by atoms with Gasteiger partial charge in [0.15, 0.2) is 0 Å². The molecule has 3 aromatic carbocycles. The van der Waals surface area contributed by atoms with Crippen LogP contribution in [0.2, 0.25) is 0 Å². The first-order valence-corrected chi connectivity index (χ1v) is 9.42. The summed E-state index contributed by atoms with van der Waals surface area (Å²) in [6.07, 6.45) is 0. The van der Waals surface area contributed by atoms with Crippen LogP contribution < -0.4 is 5.30 Å². The maximum atomic E-state index is 2.94. The third-order valence-electron chi connectivity index (χ3n) is 4.97. The lowest BCUT2D eigenvalue weighted by atomic mass is 9.85. The molecule has 0 radical (unpaired) electrons. The second-order valence-corrected chi connectivity index (χ2v) is 7.94. The van der Waals surface area contributed by atoms with Crippen LogP contribution in [-0.2, 0) is 0 Å². The largest absolute Gasteiger partial charge is 0.105 e. The molecular weight excluding hydrogens is 319 g/mol. The van der Waals surface area contributed by atoms with E-state index in [0.29, 0.717) is 0 Å². The highest BCUT2D eigenvalue weighted by Crippen LogP contribution is 2.39. The van der Waals surface area contributed by atoms with Crippen LogP contribution in [0.4, 0.5) is 0 Å². The van der Waals surface area contributed by atoms with Gasteiger partial charge in [0.1, 0.15) is 0 Å². The van der Waals surface area contributed by atoms with Gasteiger partial charge in [-0.2, -0.15) is 0 Å². The quantitative estimate of drug-likeness (QED) is 0.473. The van der Waals surface area contributed by atoms with E-state index >= 15 is 0 Å². The molecule has 128 valence electrons. The maximum Gasteiger partial charge on any atom is -0.00282 e. The molecule has 0 bridgehead atoms. The van der Waals surface area contributed by atoms with Crippen LogP contribution in [0.15, 0.2) is 42.5 Å². The summed E-state index contributed by atoms with van der Waals surface area (Å²) >= 11 is 0. The van der Waals surface area contributed by atoms with Crippen molar-refractivity contribution in [2.45, 2.75) is 41.5 Å². The Balaban J connectivity index is 2.40. The zero-order chi connectivity index (χ0) is 18.3. The molecule has 1 heteroatoms. The van der Waals surface area contributed by atoms with Gasteiger partial charge in [0.25, 0.3) is 0 Å². The van der Waals surface area contributed by atoms with E-state index in [-0.39, 0.29) is 0 Å². The van der Waals surface area contributed by atoms with Crippen molar-refractivity contribution in [1.82, 2.24) is 0 Å². The number of aryl methyl sites for hydroxylation is 6. The van der Waals surface area contributed by atoms with E-state index in [2.05, 4.69) is 93.2 Å². The van der Waals surface area contributed by atoms with Crippen molar-refractivity contribution in [3.05, 3.63) is 75.8 Å². The van der Waals surface area contributed by atoms with Gasteiger partial charge >= 0.3 is 0 Å². The summed E-state index contributed by atoms with van der Waals surface area (Å²) < 4.78 is 0. The molecule has 1 unspecified atom stereocenters. The minimum atomic E-state index is 1.26. The van der Waals surface area contributed by atoms with Crippen molar-refractivity contribution in [1.29, 1.82) is 0 Å². The highest BCUT2D eigenvalue weighted by Gasteiger charge is 2.17. The Morgan fingerprint density at radius 2 is 1.00 bits per heavy atom. The molecule has 3 rings (SSSR count). The van der Waals surface area contributed by atoms with Gasteiger partial charge in [0, 0.05) is 0 Å². The Kier molecular flexibility index (Phi) is 4.85. The lowest BCUT2D eigenvalue weighted by molar-refractivity contribution is 1.31. The van der Waals surface area contributed by atoms with Crippen LogP contribution in [0, 0.1) is 41.5 Å². The number of hydrogen-bond acceptors (Lipinski definition) is 0. The molecule has 0 spiro atoms. The predicted molar refractivity (Wildman–Crippen MR) is 115 cm³/mol. The lowest BCUT2D eigenvalue weighted by Crippen LogP contribution is -2.04. The van der Waals surface area contributed by atoms with Crippen LogP contribution in [0.25, 0.3) is 22.3 Å². The number of benzene rings is 3. The van der Waals surface area contributed by atoms with E-state index in [1.54, 1.807) is 0 Å². The van der Waals surface area contributed by atoms with Crippen LogP contribution >= 0.6 is 9.24 Å². The van der Waals surface area contributed by atoms with Crippen molar-refractivity contribution >= 4 is 14.5 Å². The fourth-order valence-corrected chi connectivity index (χ4v) is 4.65. The van der Waals surface area contributed by atoms with Gasteiger partial charge in [0.05, 0.1) is 0 Å². The van der Waals surface area contributed by atoms with E-state index in [1.165, 1.54) is 60.9 Å². The van der Waals surface area contributed by atoms with E-state index in [0.717, 1.165) is 0 Å². The van der Waals surface area contributed by atoms with Crippen LogP contribution in [0.3, 0.4) is 0 Å². The van der Waals surface area contributed by atoms with Crippen LogP contribution in [0.1, 0.15) is 33.4 Å². The zero-order valence-corrected chi connectivity index (χ0v) is 17.3. The molecule has 0 fully saturated rings. The topological polar surface area (TPSA) is 0 Å². The number of hydrogen-bond donors (Lipinski definition) is 0. The van der Waals surface area contributed by atoms with E-state index in [4.69, 9.17) is 0 Å². The van der Waals surface area contributed by atoms with Crippen molar-refractivity contribution in [3.63, 3.8) is 0 Å². The summed E-state index contributed by atoms with van der Waals surface area (Å²) in [5.74, 6) is 0. The van der Waals surface area contributed by atoms with Crippen molar-refractivity contribution in [2.24, 2.45) is 0 Å². The van der Waals surface area contributed by atoms with Gasteiger partial charge in [-0.25, -0.2) is 0 Å². The Morgan fingerprint density at radius 3 is 1.48 bits per heavy atom. The second-order valence-electron chi connectivity index (χ2n) is 7.32. The summed E-state index contributed by atoms with van der Waals surface area (Å²) in [6, 6.07) is 15.8. The molecule has 25 heavy (non-hydrogen) atoms. The molecular formula is C24H27P. The van der Waals surface area contributed by atoms with Gasteiger partial charge in [-0.3, -0.25) is 0 Å². The van der Waals surface area contributed by atoms with Crippen LogP contribution in [-0.4, -0.2) is 0 Å². The molecule has 0 aliphatic heterocycles. The second kappa shape index (κ2) is 6.77. The molecule has 0 aliphatic carbocycles. The fourth-order valence-electron chi connectivity index (χ4n) is 4.24. The normalized spacial score (nSPS) is 11.0. The minimum Gasteiger partial charge on any atom is -0.105 e. The Hall–Kier alpha value is -1.91. The summed E-state index contributed by atoms with van der Waals surface area (Å²) in [5.41, 5.74) is 13.4. The molecule has 1 atom stereocenters. The SMILES string of the molecule is Cc1cc(C)c(-c2cccc(P)c2-c2c(C)cc(C)cc2C)c(C)c1. The molecule has 0 nitrogen and oxygen atoms in total. The molecule has 0 saturated heterocycles. The van der Waals surface area contributed by atoms with Gasteiger partial charge < -0.3 is 0 Å². The maximum absolute atomic E-state index is 2.94. The average Bonchev–Trinajstić information content (AvgIpc) is 2.47. The smallest absolute Gasteiger partial charge is 0.00282 e.